The molecular formula is C30H34ClN7O3S. The van der Waals surface area contributed by atoms with E-state index in [1.807, 2.05) is 37.4 Å². The van der Waals surface area contributed by atoms with E-state index in [0.717, 1.165) is 49.1 Å². The lowest BCUT2D eigenvalue weighted by Gasteiger charge is -2.35. The van der Waals surface area contributed by atoms with Crippen LogP contribution >= 0.6 is 11.6 Å². The Morgan fingerprint density at radius 2 is 1.88 bits per heavy atom. The Kier molecular flexibility index (Phi) is 7.59. The zero-order valence-corrected chi connectivity index (χ0v) is 25.1. The van der Waals surface area contributed by atoms with E-state index in [0.29, 0.717) is 23.8 Å². The molecule has 0 saturated carbocycles. The smallest absolute Gasteiger partial charge is 0.256 e. The minimum Gasteiger partial charge on any atom is -0.354 e. The van der Waals surface area contributed by atoms with Crippen molar-refractivity contribution in [3.63, 3.8) is 0 Å². The van der Waals surface area contributed by atoms with E-state index in [1.165, 1.54) is 17.7 Å². The summed E-state index contributed by atoms with van der Waals surface area (Å²) in [6.07, 6.45) is 5.54. The molecule has 4 heterocycles. The average Bonchev–Trinajstić information content (AvgIpc) is 3.55. The zero-order valence-electron chi connectivity index (χ0n) is 23.6. The molecule has 3 atom stereocenters. The van der Waals surface area contributed by atoms with Crippen molar-refractivity contribution in [1.82, 2.24) is 19.5 Å². The van der Waals surface area contributed by atoms with Crippen LogP contribution in [0.2, 0.25) is 5.02 Å². The van der Waals surface area contributed by atoms with E-state index < -0.39 is 10.0 Å². The number of piperidine rings is 1. The maximum Gasteiger partial charge on any atom is 0.256 e. The third-order valence-corrected chi connectivity index (χ3v) is 8.95. The molecule has 2 aliphatic heterocycles. The van der Waals surface area contributed by atoms with E-state index in [4.69, 9.17) is 27.4 Å². The first-order valence-corrected chi connectivity index (χ1v) is 16.3. The van der Waals surface area contributed by atoms with Crippen LogP contribution in [0.15, 0.2) is 60.8 Å². The predicted octanol–water partition coefficient (Wildman–Crippen LogP) is 4.36. The number of benzene rings is 2. The van der Waals surface area contributed by atoms with Gasteiger partial charge in [0.1, 0.15) is 5.82 Å². The number of carbonyl (C=O) groups excluding carboxylic acids is 1. The predicted molar refractivity (Wildman–Crippen MR) is 165 cm³/mol. The maximum absolute atomic E-state index is 13.9. The number of anilines is 2. The number of nitrogens with zero attached hydrogens (tertiary/aromatic N) is 5. The van der Waals surface area contributed by atoms with Gasteiger partial charge in [0, 0.05) is 54.4 Å². The Balaban J connectivity index is 1.30. The van der Waals surface area contributed by atoms with Crippen LogP contribution in [-0.4, -0.2) is 65.8 Å². The van der Waals surface area contributed by atoms with Crippen molar-refractivity contribution in [3.8, 4) is 0 Å². The lowest BCUT2D eigenvalue weighted by molar-refractivity contribution is 0.0607. The summed E-state index contributed by atoms with van der Waals surface area (Å²) in [5.41, 5.74) is 10.6. The van der Waals surface area contributed by atoms with Gasteiger partial charge in [-0.2, -0.15) is 5.10 Å². The molecule has 4 aromatic rings. The number of aryl methyl sites for hydroxylation is 1. The van der Waals surface area contributed by atoms with Crippen LogP contribution in [0.25, 0.3) is 5.65 Å². The number of aromatic nitrogens is 3. The molecule has 1 unspecified atom stereocenters. The second-order valence-electron chi connectivity index (χ2n) is 11.3. The number of sulfonamides is 1. The monoisotopic (exact) mass is 607 g/mol. The molecule has 1 amide bonds. The average molecular weight is 608 g/mol. The van der Waals surface area contributed by atoms with Crippen LogP contribution in [0.1, 0.15) is 58.4 Å². The van der Waals surface area contributed by atoms with Gasteiger partial charge in [0.15, 0.2) is 5.65 Å². The Morgan fingerprint density at radius 3 is 2.64 bits per heavy atom. The number of nitrogens with two attached hydrogens (primary N) is 1. The minimum absolute atomic E-state index is 0.000624. The molecule has 2 fully saturated rings. The molecule has 2 saturated heterocycles. The second kappa shape index (κ2) is 11.2. The summed E-state index contributed by atoms with van der Waals surface area (Å²) in [4.78, 5) is 22.9. The van der Waals surface area contributed by atoms with Gasteiger partial charge >= 0.3 is 0 Å². The molecule has 2 aromatic heterocycles. The van der Waals surface area contributed by atoms with Crippen LogP contribution in [0.5, 0.6) is 0 Å². The first kappa shape index (κ1) is 28.4. The van der Waals surface area contributed by atoms with Gasteiger partial charge in [-0.05, 0) is 49.9 Å². The molecule has 0 aliphatic carbocycles. The highest BCUT2D eigenvalue weighted by Gasteiger charge is 2.34. The number of likely N-dealkylation sites (tertiary alicyclic amines) is 1. The van der Waals surface area contributed by atoms with Crippen molar-refractivity contribution < 1.29 is 13.2 Å². The molecular weight excluding hydrogens is 574 g/mol. The number of hydrogen-bond acceptors (Lipinski definition) is 7. The molecule has 0 spiro atoms. The maximum atomic E-state index is 13.9. The molecule has 220 valence electrons. The lowest BCUT2D eigenvalue weighted by Crippen LogP contribution is -2.39. The number of hydrogen-bond donors (Lipinski definition) is 2. The van der Waals surface area contributed by atoms with Gasteiger partial charge in [-0.1, -0.05) is 41.9 Å². The van der Waals surface area contributed by atoms with E-state index >= 15 is 0 Å². The van der Waals surface area contributed by atoms with Crippen LogP contribution in [0, 0.1) is 6.92 Å². The summed E-state index contributed by atoms with van der Waals surface area (Å²) in [7, 11) is -3.60. The van der Waals surface area contributed by atoms with Crippen molar-refractivity contribution >= 4 is 44.7 Å². The quantitative estimate of drug-likeness (QED) is 0.333. The van der Waals surface area contributed by atoms with E-state index in [9.17, 15) is 13.2 Å². The molecule has 12 heteroatoms. The number of halogens is 1. The summed E-state index contributed by atoms with van der Waals surface area (Å²) < 4.78 is 28.2. The molecule has 6 rings (SSSR count). The van der Waals surface area contributed by atoms with E-state index in [-0.39, 0.29) is 35.2 Å². The van der Waals surface area contributed by atoms with Crippen molar-refractivity contribution in [2.24, 2.45) is 5.73 Å². The van der Waals surface area contributed by atoms with Crippen molar-refractivity contribution in [2.75, 3.05) is 35.5 Å². The normalized spacial score (nSPS) is 21.2. The Morgan fingerprint density at radius 1 is 1.10 bits per heavy atom. The van der Waals surface area contributed by atoms with Crippen molar-refractivity contribution in [3.05, 3.63) is 88.2 Å². The minimum atomic E-state index is -3.60. The van der Waals surface area contributed by atoms with Gasteiger partial charge in [0.25, 0.3) is 5.91 Å². The van der Waals surface area contributed by atoms with Gasteiger partial charge in [0.2, 0.25) is 10.0 Å². The summed E-state index contributed by atoms with van der Waals surface area (Å²) in [5.74, 6) is 0.808. The number of carbonyl (C=O) groups is 1. The SMILES string of the molecule is Cc1cn2nc(C3CCCCN3C(=O)c3cc(Cl)ccc3NS(C)(=O)=O)cc2nc1N1C[C@@H](N)[C@H](c2ccccc2)C1. The standard InChI is InChI=1S/C30H34ClN7O3S/c1-19-16-38-28(33-29(19)36-17-23(24(32)18-36)20-8-4-3-5-9-20)15-26(34-38)27-10-6-7-13-37(27)30(39)22-14-21(31)11-12-25(22)35-42(2,40)41/h3-5,8-9,11-12,14-16,23-24,27,35H,6-7,10,13,17-18,32H2,1-2H3/t23-,24+,27?/m0/s1. The van der Waals surface area contributed by atoms with Gasteiger partial charge in [0.05, 0.1) is 29.2 Å². The van der Waals surface area contributed by atoms with Gasteiger partial charge in [-0.25, -0.2) is 17.9 Å². The summed E-state index contributed by atoms with van der Waals surface area (Å²) >= 11 is 6.23. The summed E-state index contributed by atoms with van der Waals surface area (Å²) in [5, 5.41) is 5.20. The number of amides is 1. The highest BCUT2D eigenvalue weighted by atomic mass is 35.5. The fourth-order valence-electron chi connectivity index (χ4n) is 6.18. The van der Waals surface area contributed by atoms with E-state index in [1.54, 1.807) is 15.5 Å². The topological polar surface area (TPSA) is 126 Å². The number of nitrogens with one attached hydrogen (secondary N) is 1. The zero-order chi connectivity index (χ0) is 29.6. The first-order valence-electron chi connectivity index (χ1n) is 14.1. The molecule has 2 aliphatic rings. The molecule has 2 aromatic carbocycles. The first-order chi connectivity index (χ1) is 20.1. The van der Waals surface area contributed by atoms with Crippen LogP contribution in [0.3, 0.4) is 0 Å². The van der Waals surface area contributed by atoms with Gasteiger partial charge < -0.3 is 15.5 Å². The fourth-order valence-corrected chi connectivity index (χ4v) is 6.93. The molecule has 10 nitrogen and oxygen atoms in total. The third kappa shape index (κ3) is 5.68. The molecule has 0 radical (unpaired) electrons. The van der Waals surface area contributed by atoms with Gasteiger partial charge in [-0.3, -0.25) is 9.52 Å². The lowest BCUT2D eigenvalue weighted by atomic mass is 9.95. The van der Waals surface area contributed by atoms with Crippen molar-refractivity contribution in [1.29, 1.82) is 0 Å². The fraction of sp³-hybridized carbons (Fsp3) is 0.367. The highest BCUT2D eigenvalue weighted by molar-refractivity contribution is 7.92. The number of fused-ring (bicyclic) bond motifs is 1. The molecule has 0 bridgehead atoms. The highest BCUT2D eigenvalue weighted by Crippen LogP contribution is 2.35. The summed E-state index contributed by atoms with van der Waals surface area (Å²) in [6.45, 7) is 4.03. The largest absolute Gasteiger partial charge is 0.354 e. The number of rotatable bonds is 6. The Labute approximate surface area is 250 Å². The van der Waals surface area contributed by atoms with Crippen LogP contribution < -0.4 is 15.4 Å². The third-order valence-electron chi connectivity index (χ3n) is 8.13. The van der Waals surface area contributed by atoms with Gasteiger partial charge in [-0.15, -0.1) is 0 Å². The molecule has 3 N–H and O–H groups in total. The molecule has 42 heavy (non-hydrogen) atoms. The summed E-state index contributed by atoms with van der Waals surface area (Å²) in [6, 6.07) is 16.6. The van der Waals surface area contributed by atoms with Crippen molar-refractivity contribution in [2.45, 2.75) is 44.2 Å². The Bertz CT molecular complexity index is 1740. The Hall–Kier alpha value is -3.67. The second-order valence-corrected chi connectivity index (χ2v) is 13.5. The van der Waals surface area contributed by atoms with E-state index in [2.05, 4.69) is 21.8 Å². The van der Waals surface area contributed by atoms with Crippen LogP contribution in [0.4, 0.5) is 11.5 Å². The van der Waals surface area contributed by atoms with Crippen LogP contribution in [-0.2, 0) is 10.0 Å².